The molecule has 2 nitrogen and oxygen atoms in total. The van der Waals surface area contributed by atoms with Crippen LogP contribution in [0.5, 0.6) is 0 Å². The van der Waals surface area contributed by atoms with Crippen molar-refractivity contribution in [3.63, 3.8) is 0 Å². The lowest BCUT2D eigenvalue weighted by Gasteiger charge is -2.32. The second-order valence-electron chi connectivity index (χ2n) is 4.70. The summed E-state index contributed by atoms with van der Waals surface area (Å²) < 4.78 is 1.23. The van der Waals surface area contributed by atoms with E-state index in [9.17, 15) is 0 Å². The zero-order valence-electron chi connectivity index (χ0n) is 10.4. The first-order chi connectivity index (χ1) is 8.28. The summed E-state index contributed by atoms with van der Waals surface area (Å²) in [5, 5.41) is 3.68. The van der Waals surface area contributed by atoms with Gasteiger partial charge in [0.15, 0.2) is 0 Å². The van der Waals surface area contributed by atoms with Gasteiger partial charge >= 0.3 is 0 Å². The molecule has 1 aromatic rings. The van der Waals surface area contributed by atoms with E-state index in [1.165, 1.54) is 47.6 Å². The normalized spacial score (nSPS) is 18.7. The molecule has 1 aliphatic rings. The zero-order chi connectivity index (χ0) is 12.1. The van der Waals surface area contributed by atoms with Crippen molar-refractivity contribution < 1.29 is 0 Å². The van der Waals surface area contributed by atoms with Gasteiger partial charge in [-0.2, -0.15) is 0 Å². The largest absolute Gasteiger partial charge is 0.309 e. The Hall–Kier alpha value is 0.1000. The Balaban J connectivity index is 1.68. The molecule has 1 aromatic heterocycles. The highest BCUT2D eigenvalue weighted by molar-refractivity contribution is 9.11. The fourth-order valence-corrected chi connectivity index (χ4v) is 3.80. The summed E-state index contributed by atoms with van der Waals surface area (Å²) in [6.45, 7) is 7.08. The van der Waals surface area contributed by atoms with Gasteiger partial charge in [-0.3, -0.25) is 0 Å². The molecular weight excluding hydrogens is 296 g/mol. The molecule has 0 aliphatic carbocycles. The maximum atomic E-state index is 3.68. The van der Waals surface area contributed by atoms with E-state index in [0.29, 0.717) is 6.04 Å². The molecule has 0 atom stereocenters. The third-order valence-corrected chi connectivity index (χ3v) is 4.94. The van der Waals surface area contributed by atoms with Crippen molar-refractivity contribution in [1.29, 1.82) is 0 Å². The Morgan fingerprint density at radius 2 is 2.18 bits per heavy atom. The van der Waals surface area contributed by atoms with Gasteiger partial charge < -0.3 is 10.2 Å². The van der Waals surface area contributed by atoms with E-state index >= 15 is 0 Å². The van der Waals surface area contributed by atoms with Crippen molar-refractivity contribution in [3.8, 4) is 0 Å². The second kappa shape index (κ2) is 6.88. The zero-order valence-corrected chi connectivity index (χ0v) is 12.8. The number of nitrogens with zero attached hydrogens (tertiary/aromatic N) is 1. The summed E-state index contributed by atoms with van der Waals surface area (Å²) in [5.41, 5.74) is 0. The van der Waals surface area contributed by atoms with Crippen molar-refractivity contribution in [2.45, 2.75) is 38.8 Å². The van der Waals surface area contributed by atoms with Crippen LogP contribution < -0.4 is 5.32 Å². The molecule has 1 saturated heterocycles. The van der Waals surface area contributed by atoms with Gasteiger partial charge in [-0.05, 0) is 67.0 Å². The van der Waals surface area contributed by atoms with E-state index in [0.717, 1.165) is 6.54 Å². The Morgan fingerprint density at radius 1 is 1.41 bits per heavy atom. The van der Waals surface area contributed by atoms with Crippen LogP contribution in [0.15, 0.2) is 15.9 Å². The van der Waals surface area contributed by atoms with Crippen molar-refractivity contribution in [3.05, 3.63) is 20.8 Å². The SMILES string of the molecule is CCCN1CCC(NCc2ccc(Br)s2)CC1. The molecule has 0 saturated carbocycles. The summed E-state index contributed by atoms with van der Waals surface area (Å²) in [6.07, 6.45) is 3.88. The van der Waals surface area contributed by atoms with Gasteiger partial charge in [-0.15, -0.1) is 11.3 Å². The quantitative estimate of drug-likeness (QED) is 0.894. The van der Waals surface area contributed by atoms with Gasteiger partial charge in [0.25, 0.3) is 0 Å². The van der Waals surface area contributed by atoms with Gasteiger partial charge in [0.05, 0.1) is 3.79 Å². The summed E-state index contributed by atoms with van der Waals surface area (Å²) in [5.74, 6) is 0. The fraction of sp³-hybridized carbons (Fsp3) is 0.692. The van der Waals surface area contributed by atoms with Crippen molar-refractivity contribution in [2.75, 3.05) is 19.6 Å². The van der Waals surface area contributed by atoms with Crippen LogP contribution in [-0.2, 0) is 6.54 Å². The number of rotatable bonds is 5. The molecule has 1 aliphatic heterocycles. The highest BCUT2D eigenvalue weighted by Crippen LogP contribution is 2.22. The maximum Gasteiger partial charge on any atom is 0.0701 e. The summed E-state index contributed by atoms with van der Waals surface area (Å²) in [4.78, 5) is 4.01. The molecule has 1 N–H and O–H groups in total. The highest BCUT2D eigenvalue weighted by Gasteiger charge is 2.17. The van der Waals surface area contributed by atoms with E-state index in [1.54, 1.807) is 0 Å². The predicted molar refractivity (Wildman–Crippen MR) is 78.6 cm³/mol. The average Bonchev–Trinajstić information content (AvgIpc) is 2.75. The minimum absolute atomic E-state index is 0.712. The monoisotopic (exact) mass is 316 g/mol. The molecule has 0 radical (unpaired) electrons. The van der Waals surface area contributed by atoms with Crippen LogP contribution in [0.4, 0.5) is 0 Å². The maximum absolute atomic E-state index is 3.68. The van der Waals surface area contributed by atoms with E-state index in [2.05, 4.69) is 45.2 Å². The molecule has 0 unspecified atom stereocenters. The predicted octanol–water partition coefficient (Wildman–Crippen LogP) is 3.47. The van der Waals surface area contributed by atoms with Crippen LogP contribution in [0, 0.1) is 0 Å². The molecule has 0 bridgehead atoms. The van der Waals surface area contributed by atoms with Crippen molar-refractivity contribution >= 4 is 27.3 Å². The molecule has 1 fully saturated rings. The van der Waals surface area contributed by atoms with E-state index in [-0.39, 0.29) is 0 Å². The molecule has 0 amide bonds. The summed E-state index contributed by atoms with van der Waals surface area (Å²) >= 11 is 5.34. The van der Waals surface area contributed by atoms with Gasteiger partial charge in [0.2, 0.25) is 0 Å². The number of thiophene rings is 1. The lowest BCUT2D eigenvalue weighted by atomic mass is 10.0. The van der Waals surface area contributed by atoms with Crippen LogP contribution in [-0.4, -0.2) is 30.6 Å². The van der Waals surface area contributed by atoms with Gasteiger partial charge in [-0.1, -0.05) is 6.92 Å². The Bertz CT molecular complexity index is 332. The third-order valence-electron chi connectivity index (χ3n) is 3.32. The molecule has 2 rings (SSSR count). The number of hydrogen-bond acceptors (Lipinski definition) is 3. The molecule has 0 aromatic carbocycles. The Kier molecular flexibility index (Phi) is 5.48. The van der Waals surface area contributed by atoms with Gasteiger partial charge in [0, 0.05) is 17.5 Å². The van der Waals surface area contributed by atoms with Crippen LogP contribution >= 0.6 is 27.3 Å². The molecule has 2 heterocycles. The Labute approximate surface area is 117 Å². The van der Waals surface area contributed by atoms with Gasteiger partial charge in [0.1, 0.15) is 0 Å². The third kappa shape index (κ3) is 4.36. The lowest BCUT2D eigenvalue weighted by molar-refractivity contribution is 0.197. The van der Waals surface area contributed by atoms with E-state index < -0.39 is 0 Å². The van der Waals surface area contributed by atoms with Crippen LogP contribution in [0.25, 0.3) is 0 Å². The summed E-state index contributed by atoms with van der Waals surface area (Å²) in [7, 11) is 0. The van der Waals surface area contributed by atoms with Crippen molar-refractivity contribution in [2.24, 2.45) is 0 Å². The lowest BCUT2D eigenvalue weighted by Crippen LogP contribution is -2.42. The van der Waals surface area contributed by atoms with Crippen LogP contribution in [0.2, 0.25) is 0 Å². The molecule has 4 heteroatoms. The van der Waals surface area contributed by atoms with E-state index in [4.69, 9.17) is 0 Å². The average molecular weight is 317 g/mol. The van der Waals surface area contributed by atoms with Gasteiger partial charge in [-0.25, -0.2) is 0 Å². The minimum Gasteiger partial charge on any atom is -0.309 e. The smallest absolute Gasteiger partial charge is 0.0701 e. The van der Waals surface area contributed by atoms with E-state index in [1.807, 2.05) is 11.3 Å². The molecule has 0 spiro atoms. The topological polar surface area (TPSA) is 15.3 Å². The highest BCUT2D eigenvalue weighted by atomic mass is 79.9. The van der Waals surface area contributed by atoms with Crippen LogP contribution in [0.3, 0.4) is 0 Å². The molecule has 96 valence electrons. The second-order valence-corrected chi connectivity index (χ2v) is 7.25. The first kappa shape index (κ1) is 13.5. The standard InChI is InChI=1S/C13H21BrN2S/c1-2-7-16-8-5-11(6-9-16)15-10-12-3-4-13(14)17-12/h3-4,11,15H,2,5-10H2,1H3. The molecular formula is C13H21BrN2S. The minimum atomic E-state index is 0.712. The number of hydrogen-bond donors (Lipinski definition) is 1. The Morgan fingerprint density at radius 3 is 2.76 bits per heavy atom. The fourth-order valence-electron chi connectivity index (χ4n) is 2.37. The first-order valence-corrected chi connectivity index (χ1v) is 8.09. The van der Waals surface area contributed by atoms with Crippen molar-refractivity contribution in [1.82, 2.24) is 10.2 Å². The summed E-state index contributed by atoms with van der Waals surface area (Å²) in [6, 6.07) is 5.04. The number of likely N-dealkylation sites (tertiary alicyclic amines) is 1. The van der Waals surface area contributed by atoms with Crippen LogP contribution in [0.1, 0.15) is 31.1 Å². The number of halogens is 1. The number of nitrogens with one attached hydrogen (secondary N) is 1. The molecule has 17 heavy (non-hydrogen) atoms. The number of piperidine rings is 1. The first-order valence-electron chi connectivity index (χ1n) is 6.48.